The van der Waals surface area contributed by atoms with Crippen LogP contribution >= 0.6 is 0 Å². The van der Waals surface area contributed by atoms with Crippen molar-refractivity contribution in [3.05, 3.63) is 78.1 Å². The predicted octanol–water partition coefficient (Wildman–Crippen LogP) is 3.07. The summed E-state index contributed by atoms with van der Waals surface area (Å²) in [6.07, 6.45) is 3.51. The molecule has 0 spiro atoms. The van der Waals surface area contributed by atoms with Crippen LogP contribution in [-0.2, 0) is 20.9 Å². The van der Waals surface area contributed by atoms with Crippen molar-refractivity contribution in [1.82, 2.24) is 9.88 Å². The molecule has 0 aliphatic carbocycles. The van der Waals surface area contributed by atoms with Gasteiger partial charge in [-0.05, 0) is 42.3 Å². The van der Waals surface area contributed by atoms with Crippen molar-refractivity contribution >= 4 is 34.9 Å². The zero-order valence-electron chi connectivity index (χ0n) is 21.3. The zero-order chi connectivity index (χ0) is 27.2. The number of methoxy groups -OCH3 is 2. The van der Waals surface area contributed by atoms with Gasteiger partial charge in [0.15, 0.2) is 0 Å². The number of ketones is 1. The van der Waals surface area contributed by atoms with Gasteiger partial charge in [-0.15, -0.1) is 0 Å². The van der Waals surface area contributed by atoms with Crippen molar-refractivity contribution in [2.45, 2.75) is 25.9 Å². The summed E-state index contributed by atoms with van der Waals surface area (Å²) in [5, 5.41) is 2.85. The Morgan fingerprint density at radius 2 is 1.84 bits per heavy atom. The highest BCUT2D eigenvalue weighted by Crippen LogP contribution is 2.31. The summed E-state index contributed by atoms with van der Waals surface area (Å²) in [5.41, 5.74) is 1.75. The molecule has 1 atom stereocenters. The Morgan fingerprint density at radius 1 is 1.05 bits per heavy atom. The van der Waals surface area contributed by atoms with E-state index in [1.165, 1.54) is 19.1 Å². The van der Waals surface area contributed by atoms with Gasteiger partial charge in [-0.1, -0.05) is 25.1 Å². The molecule has 1 N–H and O–H groups in total. The van der Waals surface area contributed by atoms with E-state index in [-0.39, 0.29) is 12.1 Å². The SMILES string of the molecule is CCC(C(=O)Nc1ccc(OC)cc1OC)N(Cc1cccnc1)C(=O)CN1C(=O)C(=O)c2ccccc21. The van der Waals surface area contributed by atoms with Crippen LogP contribution in [0.4, 0.5) is 11.4 Å². The summed E-state index contributed by atoms with van der Waals surface area (Å²) in [7, 11) is 3.01. The summed E-state index contributed by atoms with van der Waals surface area (Å²) in [6.45, 7) is 1.48. The molecule has 0 saturated heterocycles. The van der Waals surface area contributed by atoms with Crippen molar-refractivity contribution in [3.8, 4) is 11.5 Å². The number of carbonyl (C=O) groups is 4. The molecular weight excluding hydrogens is 488 g/mol. The summed E-state index contributed by atoms with van der Waals surface area (Å²) in [6, 6.07) is 14.2. The third kappa shape index (κ3) is 5.34. The van der Waals surface area contributed by atoms with Crippen molar-refractivity contribution in [1.29, 1.82) is 0 Å². The van der Waals surface area contributed by atoms with E-state index >= 15 is 0 Å². The van der Waals surface area contributed by atoms with Gasteiger partial charge in [0.05, 0.1) is 31.2 Å². The standard InChI is InChI=1S/C28H28N4O6/c1-4-22(27(35)30-21-12-11-19(37-2)14-24(21)38-3)31(16-18-8-7-13-29-15-18)25(33)17-32-23-10-6-5-9-20(23)26(34)28(32)36/h5-15,22H,4,16-17H2,1-3H3,(H,30,35). The van der Waals surface area contributed by atoms with Crippen molar-refractivity contribution in [2.24, 2.45) is 0 Å². The van der Waals surface area contributed by atoms with E-state index in [1.54, 1.807) is 73.9 Å². The van der Waals surface area contributed by atoms with Crippen LogP contribution in [0.25, 0.3) is 0 Å². The smallest absolute Gasteiger partial charge is 0.299 e. The second-order valence-corrected chi connectivity index (χ2v) is 8.60. The first kappa shape index (κ1) is 26.3. The van der Waals surface area contributed by atoms with Gasteiger partial charge in [0, 0.05) is 25.0 Å². The Kier molecular flexibility index (Phi) is 8.00. The first-order chi connectivity index (χ1) is 18.4. The number of ether oxygens (including phenoxy) is 2. The zero-order valence-corrected chi connectivity index (χ0v) is 21.3. The highest BCUT2D eigenvalue weighted by molar-refractivity contribution is 6.52. The average Bonchev–Trinajstić information content (AvgIpc) is 3.18. The van der Waals surface area contributed by atoms with Crippen LogP contribution in [-0.4, -0.2) is 60.2 Å². The second kappa shape index (κ2) is 11.5. The van der Waals surface area contributed by atoms with E-state index in [4.69, 9.17) is 9.47 Å². The molecule has 3 aromatic rings. The number of nitrogens with one attached hydrogen (secondary N) is 1. The number of benzene rings is 2. The third-order valence-corrected chi connectivity index (χ3v) is 6.30. The van der Waals surface area contributed by atoms with Gasteiger partial charge in [-0.2, -0.15) is 0 Å². The number of amides is 3. The van der Waals surface area contributed by atoms with Gasteiger partial charge in [-0.3, -0.25) is 29.1 Å². The average molecular weight is 517 g/mol. The Morgan fingerprint density at radius 3 is 2.53 bits per heavy atom. The van der Waals surface area contributed by atoms with E-state index in [2.05, 4.69) is 10.3 Å². The number of pyridine rings is 1. The van der Waals surface area contributed by atoms with Crippen LogP contribution in [0, 0.1) is 0 Å². The fourth-order valence-corrected chi connectivity index (χ4v) is 4.36. The van der Waals surface area contributed by atoms with E-state index in [9.17, 15) is 19.2 Å². The lowest BCUT2D eigenvalue weighted by atomic mass is 10.1. The number of rotatable bonds is 10. The Balaban J connectivity index is 1.62. The molecule has 0 fully saturated rings. The fraction of sp³-hybridized carbons (Fsp3) is 0.250. The Bertz CT molecular complexity index is 1360. The maximum absolute atomic E-state index is 13.7. The number of aromatic nitrogens is 1. The molecule has 0 radical (unpaired) electrons. The summed E-state index contributed by atoms with van der Waals surface area (Å²) < 4.78 is 10.6. The lowest BCUT2D eigenvalue weighted by Gasteiger charge is -2.32. The van der Waals surface area contributed by atoms with E-state index in [0.29, 0.717) is 34.9 Å². The Labute approximate surface area is 220 Å². The summed E-state index contributed by atoms with van der Waals surface area (Å²) in [5.74, 6) is -1.40. The molecule has 1 unspecified atom stereocenters. The number of para-hydroxylation sites is 1. The molecule has 4 rings (SSSR count). The van der Waals surface area contributed by atoms with Gasteiger partial charge in [0.1, 0.15) is 24.1 Å². The molecule has 1 aliphatic heterocycles. The maximum Gasteiger partial charge on any atom is 0.299 e. The quantitative estimate of drug-likeness (QED) is 0.412. The van der Waals surface area contributed by atoms with Crippen LogP contribution in [0.2, 0.25) is 0 Å². The maximum atomic E-state index is 13.7. The molecule has 1 aliphatic rings. The molecule has 196 valence electrons. The molecule has 38 heavy (non-hydrogen) atoms. The predicted molar refractivity (Wildman–Crippen MR) is 140 cm³/mol. The number of anilines is 2. The Hall–Kier alpha value is -4.73. The van der Waals surface area contributed by atoms with Gasteiger partial charge in [0.25, 0.3) is 11.7 Å². The second-order valence-electron chi connectivity index (χ2n) is 8.60. The number of Topliss-reactive ketones (excluding diaryl/α,β-unsaturated/α-hetero) is 1. The summed E-state index contributed by atoms with van der Waals surface area (Å²) in [4.78, 5) is 59.1. The molecular formula is C28H28N4O6. The number of carbonyl (C=O) groups excluding carboxylic acids is 4. The molecule has 0 bridgehead atoms. The number of hydrogen-bond donors (Lipinski definition) is 1. The third-order valence-electron chi connectivity index (χ3n) is 6.30. The first-order valence-corrected chi connectivity index (χ1v) is 12.0. The van der Waals surface area contributed by atoms with Crippen LogP contribution in [0.3, 0.4) is 0 Å². The molecule has 2 aromatic carbocycles. The van der Waals surface area contributed by atoms with Gasteiger partial charge in [-0.25, -0.2) is 0 Å². The highest BCUT2D eigenvalue weighted by Gasteiger charge is 2.38. The largest absolute Gasteiger partial charge is 0.497 e. The van der Waals surface area contributed by atoms with Crippen molar-refractivity contribution in [3.63, 3.8) is 0 Å². The van der Waals surface area contributed by atoms with Crippen molar-refractivity contribution < 1.29 is 28.7 Å². The molecule has 10 nitrogen and oxygen atoms in total. The normalized spacial score (nSPS) is 13.1. The lowest BCUT2D eigenvalue weighted by Crippen LogP contribution is -2.50. The molecule has 2 heterocycles. The summed E-state index contributed by atoms with van der Waals surface area (Å²) >= 11 is 0. The van der Waals surface area contributed by atoms with Gasteiger partial charge in [0.2, 0.25) is 11.8 Å². The number of hydrogen-bond acceptors (Lipinski definition) is 7. The monoisotopic (exact) mass is 516 g/mol. The molecule has 3 amide bonds. The molecule has 0 saturated carbocycles. The minimum absolute atomic E-state index is 0.0793. The minimum Gasteiger partial charge on any atom is -0.497 e. The van der Waals surface area contributed by atoms with Crippen LogP contribution < -0.4 is 19.7 Å². The van der Waals surface area contributed by atoms with Crippen LogP contribution in [0.5, 0.6) is 11.5 Å². The van der Waals surface area contributed by atoms with Crippen LogP contribution in [0.15, 0.2) is 67.0 Å². The van der Waals surface area contributed by atoms with Crippen LogP contribution in [0.1, 0.15) is 29.3 Å². The van der Waals surface area contributed by atoms with Gasteiger partial charge < -0.3 is 19.7 Å². The fourth-order valence-electron chi connectivity index (χ4n) is 4.36. The molecule has 10 heteroatoms. The van der Waals surface area contributed by atoms with E-state index in [1.807, 2.05) is 0 Å². The lowest BCUT2D eigenvalue weighted by molar-refractivity contribution is -0.138. The van der Waals surface area contributed by atoms with E-state index < -0.39 is 36.1 Å². The van der Waals surface area contributed by atoms with E-state index in [0.717, 1.165) is 4.90 Å². The van der Waals surface area contributed by atoms with Gasteiger partial charge >= 0.3 is 0 Å². The first-order valence-electron chi connectivity index (χ1n) is 12.0. The number of nitrogens with zero attached hydrogens (tertiary/aromatic N) is 3. The highest BCUT2D eigenvalue weighted by atomic mass is 16.5. The molecule has 1 aromatic heterocycles. The topological polar surface area (TPSA) is 118 Å². The number of fused-ring (bicyclic) bond motifs is 1. The minimum atomic E-state index is -0.891. The van der Waals surface area contributed by atoms with Crippen molar-refractivity contribution in [2.75, 3.05) is 31.0 Å².